The van der Waals surface area contributed by atoms with E-state index in [0.29, 0.717) is 17.5 Å². The van der Waals surface area contributed by atoms with E-state index in [0.717, 1.165) is 32.2 Å². The van der Waals surface area contributed by atoms with E-state index in [1.54, 1.807) is 0 Å². The number of benzene rings is 1. The Kier molecular flexibility index (Phi) is 4.17. The fraction of sp³-hybridized carbons (Fsp3) is 0.571. The number of nitrogens with one attached hydrogen (secondary N) is 1. The Labute approximate surface area is 107 Å². The quantitative estimate of drug-likeness (QED) is 0.829. The lowest BCUT2D eigenvalue weighted by atomic mass is 10.0. The van der Waals surface area contributed by atoms with E-state index < -0.39 is 0 Å². The first kappa shape index (κ1) is 13.3. The van der Waals surface area contributed by atoms with Gasteiger partial charge in [-0.05, 0) is 37.1 Å². The van der Waals surface area contributed by atoms with Crippen LogP contribution in [-0.4, -0.2) is 26.2 Å². The summed E-state index contributed by atoms with van der Waals surface area (Å²) in [4.78, 5) is 1.97. The number of rotatable bonds is 1. The lowest BCUT2D eigenvalue weighted by molar-refractivity contribution is 0.407. The maximum atomic E-state index is 13.8. The van der Waals surface area contributed by atoms with Crippen molar-refractivity contribution in [2.45, 2.75) is 13.8 Å². The molecule has 0 saturated carbocycles. The summed E-state index contributed by atoms with van der Waals surface area (Å²) in [5.74, 6) is 0.108. The molecule has 2 unspecified atom stereocenters. The summed E-state index contributed by atoms with van der Waals surface area (Å²) in [5.41, 5.74) is 0.385. The molecule has 0 aromatic heterocycles. The predicted octanol–water partition coefficient (Wildman–Crippen LogP) is 2.65. The summed E-state index contributed by atoms with van der Waals surface area (Å²) in [6, 6.07) is 3.66. The van der Waals surface area contributed by atoms with Gasteiger partial charge >= 0.3 is 0 Å². The molecule has 1 aliphatic heterocycles. The lowest BCUT2D eigenvalue weighted by Crippen LogP contribution is -2.43. The fourth-order valence-electron chi connectivity index (χ4n) is 2.46. The second-order valence-corrected chi connectivity index (χ2v) is 5.37. The minimum absolute atomic E-state index is 0.343. The summed E-state index contributed by atoms with van der Waals surface area (Å²) >= 11 is 0. The molecule has 2 nitrogen and oxygen atoms in total. The van der Waals surface area contributed by atoms with E-state index in [-0.39, 0.29) is 11.6 Å². The largest absolute Gasteiger partial charge is 0.368 e. The molecule has 1 saturated heterocycles. The number of hydrogen-bond donors (Lipinski definition) is 1. The van der Waals surface area contributed by atoms with Gasteiger partial charge in [-0.1, -0.05) is 13.8 Å². The van der Waals surface area contributed by atoms with Crippen LogP contribution in [0.15, 0.2) is 18.2 Å². The van der Waals surface area contributed by atoms with Gasteiger partial charge in [-0.3, -0.25) is 0 Å². The Bertz CT molecular complexity index is 397. The molecule has 0 aliphatic carbocycles. The highest BCUT2D eigenvalue weighted by Gasteiger charge is 2.20. The zero-order valence-corrected chi connectivity index (χ0v) is 10.9. The molecule has 2 atom stereocenters. The van der Waals surface area contributed by atoms with E-state index >= 15 is 0 Å². The van der Waals surface area contributed by atoms with E-state index in [9.17, 15) is 8.78 Å². The molecule has 0 radical (unpaired) electrons. The fourth-order valence-corrected chi connectivity index (χ4v) is 2.46. The van der Waals surface area contributed by atoms with E-state index in [4.69, 9.17) is 0 Å². The van der Waals surface area contributed by atoms with Crippen LogP contribution in [0.3, 0.4) is 0 Å². The van der Waals surface area contributed by atoms with Crippen molar-refractivity contribution in [1.82, 2.24) is 5.32 Å². The molecule has 1 aromatic rings. The normalized spacial score (nSPS) is 25.7. The Balaban J connectivity index is 2.24. The summed E-state index contributed by atoms with van der Waals surface area (Å²) in [7, 11) is 0. The standard InChI is InChI=1S/C14H20F2N2/c1-10-6-17-7-11(2)9-18(8-10)14-5-12(15)3-4-13(14)16/h3-5,10-11,17H,6-9H2,1-2H3. The highest BCUT2D eigenvalue weighted by atomic mass is 19.1. The van der Waals surface area contributed by atoms with Crippen LogP contribution in [0.2, 0.25) is 0 Å². The third-order valence-electron chi connectivity index (χ3n) is 3.30. The molecule has 0 spiro atoms. The van der Waals surface area contributed by atoms with Crippen molar-refractivity contribution in [2.75, 3.05) is 31.1 Å². The van der Waals surface area contributed by atoms with E-state index in [2.05, 4.69) is 19.2 Å². The molecule has 1 fully saturated rings. The van der Waals surface area contributed by atoms with Crippen LogP contribution in [0.5, 0.6) is 0 Å². The predicted molar refractivity (Wildman–Crippen MR) is 69.8 cm³/mol. The van der Waals surface area contributed by atoms with Gasteiger partial charge in [0.2, 0.25) is 0 Å². The van der Waals surface area contributed by atoms with Crippen molar-refractivity contribution in [3.63, 3.8) is 0 Å². The van der Waals surface area contributed by atoms with Crippen LogP contribution < -0.4 is 10.2 Å². The van der Waals surface area contributed by atoms with Gasteiger partial charge in [-0.25, -0.2) is 8.78 Å². The van der Waals surface area contributed by atoms with E-state index in [1.165, 1.54) is 12.1 Å². The Morgan fingerprint density at radius 3 is 2.33 bits per heavy atom. The van der Waals surface area contributed by atoms with Gasteiger partial charge in [0.25, 0.3) is 0 Å². The molecular weight excluding hydrogens is 234 g/mol. The highest BCUT2D eigenvalue weighted by molar-refractivity contribution is 5.48. The van der Waals surface area contributed by atoms with Gasteiger partial charge in [-0.15, -0.1) is 0 Å². The summed E-state index contributed by atoms with van der Waals surface area (Å²) in [5, 5.41) is 3.39. The molecule has 4 heteroatoms. The maximum Gasteiger partial charge on any atom is 0.146 e. The third-order valence-corrected chi connectivity index (χ3v) is 3.30. The van der Waals surface area contributed by atoms with Gasteiger partial charge in [0, 0.05) is 19.2 Å². The van der Waals surface area contributed by atoms with Crippen LogP contribution in [0, 0.1) is 23.5 Å². The first-order chi connectivity index (χ1) is 8.56. The maximum absolute atomic E-state index is 13.8. The summed E-state index contributed by atoms with van der Waals surface area (Å²) in [6.07, 6.45) is 0. The molecule has 1 aliphatic rings. The van der Waals surface area contributed by atoms with Crippen molar-refractivity contribution in [2.24, 2.45) is 11.8 Å². The number of hydrogen-bond acceptors (Lipinski definition) is 2. The van der Waals surface area contributed by atoms with Gasteiger partial charge in [0.15, 0.2) is 0 Å². The smallest absolute Gasteiger partial charge is 0.146 e. The van der Waals surface area contributed by atoms with Gasteiger partial charge < -0.3 is 10.2 Å². The third kappa shape index (κ3) is 3.19. The topological polar surface area (TPSA) is 15.3 Å². The molecule has 2 rings (SSSR count). The van der Waals surface area contributed by atoms with Crippen molar-refractivity contribution in [3.8, 4) is 0 Å². The van der Waals surface area contributed by atoms with Gasteiger partial charge in [0.1, 0.15) is 11.6 Å². The number of anilines is 1. The molecule has 1 N–H and O–H groups in total. The van der Waals surface area contributed by atoms with Crippen molar-refractivity contribution >= 4 is 5.69 Å². The first-order valence-electron chi connectivity index (χ1n) is 6.47. The Morgan fingerprint density at radius 2 is 1.72 bits per heavy atom. The lowest BCUT2D eigenvalue weighted by Gasteiger charge is -2.33. The van der Waals surface area contributed by atoms with Crippen LogP contribution >= 0.6 is 0 Å². The van der Waals surface area contributed by atoms with E-state index in [1.807, 2.05) is 4.90 Å². The van der Waals surface area contributed by atoms with Gasteiger partial charge in [-0.2, -0.15) is 0 Å². The summed E-state index contributed by atoms with van der Waals surface area (Å²) < 4.78 is 27.1. The molecule has 0 bridgehead atoms. The number of nitrogens with zero attached hydrogens (tertiary/aromatic N) is 1. The van der Waals surface area contributed by atoms with Crippen LogP contribution in [0.4, 0.5) is 14.5 Å². The number of halogens is 2. The molecule has 18 heavy (non-hydrogen) atoms. The van der Waals surface area contributed by atoms with Gasteiger partial charge in [0.05, 0.1) is 5.69 Å². The average Bonchev–Trinajstić information content (AvgIpc) is 2.29. The van der Waals surface area contributed by atoms with Crippen LogP contribution in [-0.2, 0) is 0 Å². The highest BCUT2D eigenvalue weighted by Crippen LogP contribution is 2.23. The van der Waals surface area contributed by atoms with Crippen LogP contribution in [0.25, 0.3) is 0 Å². The van der Waals surface area contributed by atoms with Crippen molar-refractivity contribution in [1.29, 1.82) is 0 Å². The average molecular weight is 254 g/mol. The molecule has 100 valence electrons. The molecular formula is C14H20F2N2. The molecule has 1 aromatic carbocycles. The second-order valence-electron chi connectivity index (χ2n) is 5.37. The Morgan fingerprint density at radius 1 is 1.11 bits per heavy atom. The second kappa shape index (κ2) is 5.65. The SMILES string of the molecule is CC1CNCC(C)CN(c2cc(F)ccc2F)C1. The summed E-state index contributed by atoms with van der Waals surface area (Å²) in [6.45, 7) is 7.56. The first-order valence-corrected chi connectivity index (χ1v) is 6.47. The zero-order valence-electron chi connectivity index (χ0n) is 10.9. The zero-order chi connectivity index (χ0) is 13.1. The van der Waals surface area contributed by atoms with Crippen molar-refractivity contribution in [3.05, 3.63) is 29.8 Å². The molecule has 0 amide bonds. The minimum atomic E-state index is -0.383. The van der Waals surface area contributed by atoms with Crippen LogP contribution in [0.1, 0.15) is 13.8 Å². The minimum Gasteiger partial charge on any atom is -0.368 e. The monoisotopic (exact) mass is 254 g/mol. The van der Waals surface area contributed by atoms with Crippen molar-refractivity contribution < 1.29 is 8.78 Å². The molecule has 1 heterocycles. The Hall–Kier alpha value is -1.16.